The zero-order chi connectivity index (χ0) is 10.0. The second-order valence-corrected chi connectivity index (χ2v) is 2.57. The molecule has 0 aliphatic heterocycles. The van der Waals surface area contributed by atoms with E-state index < -0.39 is 18.3 Å². The van der Waals surface area contributed by atoms with Gasteiger partial charge >= 0.3 is 0 Å². The summed E-state index contributed by atoms with van der Waals surface area (Å²) in [4.78, 5) is 0. The van der Waals surface area contributed by atoms with Gasteiger partial charge in [-0.05, 0) is 6.07 Å². The Morgan fingerprint density at radius 1 is 1.29 bits per heavy atom. The van der Waals surface area contributed by atoms with Gasteiger partial charge in [-0.25, -0.2) is 13.2 Å². The Morgan fingerprint density at radius 2 is 1.86 bits per heavy atom. The van der Waals surface area contributed by atoms with Crippen molar-refractivity contribution in [2.75, 3.05) is 0 Å². The molecule has 6 heteroatoms. The zero-order valence-electron chi connectivity index (χ0n) is 6.95. The maximum Gasteiger partial charge on any atom is 0.257 e. The smallest absolute Gasteiger partial charge is 0.257 e. The van der Waals surface area contributed by atoms with Crippen LogP contribution in [-0.4, -0.2) is 11.5 Å². The molecule has 0 spiro atoms. The fraction of sp³-hybridized carbons (Fsp3) is 0.250. The Hall–Kier alpha value is -0.940. The van der Waals surface area contributed by atoms with Crippen molar-refractivity contribution < 1.29 is 18.3 Å². The van der Waals surface area contributed by atoms with Crippen LogP contribution in [0.15, 0.2) is 18.2 Å². The number of hydrogen-bond donors (Lipinski definition) is 2. The number of rotatable bonds is 2. The quantitative estimate of drug-likeness (QED) is 0.814. The molecule has 0 amide bonds. The molecule has 0 aromatic heterocycles. The molecule has 1 aromatic rings. The molecule has 1 aromatic carbocycles. The Bertz CT molecular complexity index is 309. The van der Waals surface area contributed by atoms with Crippen LogP contribution in [-0.2, 0) is 0 Å². The fourth-order valence-corrected chi connectivity index (χ4v) is 0.922. The molecule has 0 radical (unpaired) electrons. The van der Waals surface area contributed by atoms with Gasteiger partial charge in [0.05, 0.1) is 6.04 Å². The molecule has 0 bridgehead atoms. The van der Waals surface area contributed by atoms with Gasteiger partial charge in [-0.1, -0.05) is 6.07 Å². The molecule has 1 rings (SSSR count). The number of phenolic OH excluding ortho intramolecular Hbond substituents is 1. The normalized spacial score (nSPS) is 12.4. The number of nitrogens with two attached hydrogens (primary N) is 1. The fourth-order valence-electron chi connectivity index (χ4n) is 0.922. The van der Waals surface area contributed by atoms with Crippen molar-refractivity contribution >= 4 is 12.4 Å². The van der Waals surface area contributed by atoms with Crippen LogP contribution in [0.4, 0.5) is 13.2 Å². The van der Waals surface area contributed by atoms with E-state index >= 15 is 0 Å². The van der Waals surface area contributed by atoms with E-state index in [1.54, 1.807) is 0 Å². The van der Waals surface area contributed by atoms with Crippen LogP contribution in [0.1, 0.15) is 11.6 Å². The lowest BCUT2D eigenvalue weighted by Gasteiger charge is -2.11. The second kappa shape index (κ2) is 5.07. The minimum absolute atomic E-state index is 0. The zero-order valence-corrected chi connectivity index (χ0v) is 7.77. The largest absolute Gasteiger partial charge is 0.508 e. The highest BCUT2D eigenvalue weighted by atomic mass is 35.5. The van der Waals surface area contributed by atoms with E-state index in [4.69, 9.17) is 10.8 Å². The number of aromatic hydroxyl groups is 1. The van der Waals surface area contributed by atoms with Gasteiger partial charge in [0.2, 0.25) is 0 Å². The van der Waals surface area contributed by atoms with E-state index in [1.807, 2.05) is 0 Å². The molecule has 0 aliphatic carbocycles. The first-order valence-corrected chi connectivity index (χ1v) is 3.54. The molecule has 0 unspecified atom stereocenters. The monoisotopic (exact) mass is 227 g/mol. The lowest BCUT2D eigenvalue weighted by molar-refractivity contribution is 0.114. The maximum absolute atomic E-state index is 12.9. The van der Waals surface area contributed by atoms with Gasteiger partial charge in [0.1, 0.15) is 11.6 Å². The molecule has 0 heterocycles. The van der Waals surface area contributed by atoms with Crippen LogP contribution < -0.4 is 5.73 Å². The lowest BCUT2D eigenvalue weighted by Crippen LogP contribution is -2.20. The SMILES string of the molecule is Cl.N[C@H](c1ccc(O)cc1F)C(F)F. The van der Waals surface area contributed by atoms with Crippen LogP contribution >= 0.6 is 12.4 Å². The van der Waals surface area contributed by atoms with Crippen LogP contribution in [0.5, 0.6) is 5.75 Å². The molecule has 0 fully saturated rings. The van der Waals surface area contributed by atoms with Gasteiger partial charge in [-0.2, -0.15) is 0 Å². The molecule has 2 nitrogen and oxygen atoms in total. The number of hydrogen-bond acceptors (Lipinski definition) is 2. The van der Waals surface area contributed by atoms with Gasteiger partial charge in [-0.15, -0.1) is 12.4 Å². The highest BCUT2D eigenvalue weighted by Gasteiger charge is 2.20. The minimum atomic E-state index is -2.82. The molecule has 80 valence electrons. The van der Waals surface area contributed by atoms with Crippen LogP contribution in [0, 0.1) is 5.82 Å². The van der Waals surface area contributed by atoms with Crippen molar-refractivity contribution in [2.45, 2.75) is 12.5 Å². The van der Waals surface area contributed by atoms with Crippen molar-refractivity contribution in [1.82, 2.24) is 0 Å². The first-order chi connectivity index (χ1) is 6.02. The summed E-state index contributed by atoms with van der Waals surface area (Å²) >= 11 is 0. The van der Waals surface area contributed by atoms with Gasteiger partial charge in [-0.3, -0.25) is 0 Å². The Morgan fingerprint density at radius 3 is 2.29 bits per heavy atom. The number of halogens is 4. The average molecular weight is 228 g/mol. The predicted octanol–water partition coefficient (Wildman–Crippen LogP) is 2.22. The highest BCUT2D eigenvalue weighted by Crippen LogP contribution is 2.23. The third kappa shape index (κ3) is 2.78. The van der Waals surface area contributed by atoms with E-state index in [9.17, 15) is 13.2 Å². The molecule has 14 heavy (non-hydrogen) atoms. The average Bonchev–Trinajstić information content (AvgIpc) is 2.03. The van der Waals surface area contributed by atoms with Crippen LogP contribution in [0.3, 0.4) is 0 Å². The van der Waals surface area contributed by atoms with Crippen molar-refractivity contribution in [3.05, 3.63) is 29.6 Å². The number of phenols is 1. The first-order valence-electron chi connectivity index (χ1n) is 3.54. The third-order valence-corrected chi connectivity index (χ3v) is 1.61. The van der Waals surface area contributed by atoms with E-state index in [0.717, 1.165) is 18.2 Å². The van der Waals surface area contributed by atoms with E-state index in [0.29, 0.717) is 0 Å². The topological polar surface area (TPSA) is 46.2 Å². The molecule has 0 saturated carbocycles. The van der Waals surface area contributed by atoms with Crippen LogP contribution in [0.2, 0.25) is 0 Å². The third-order valence-electron chi connectivity index (χ3n) is 1.61. The predicted molar refractivity (Wildman–Crippen MR) is 48.2 cm³/mol. The first kappa shape index (κ1) is 13.1. The molecular formula is C8H9ClF3NO. The maximum atomic E-state index is 12.9. The molecule has 0 saturated heterocycles. The summed E-state index contributed by atoms with van der Waals surface area (Å²) in [5.74, 6) is -1.24. The number of alkyl halides is 2. The summed E-state index contributed by atoms with van der Waals surface area (Å²) in [6, 6.07) is 1.25. The lowest BCUT2D eigenvalue weighted by atomic mass is 10.1. The Balaban J connectivity index is 0.00000169. The molecule has 0 aliphatic rings. The standard InChI is InChI=1S/C8H8F3NO.ClH/c9-6-3-4(13)1-2-5(6)7(12)8(10)11;/h1-3,7-8,13H,12H2;1H/t7-;/m1./s1. The van der Waals surface area contributed by atoms with E-state index in [-0.39, 0.29) is 23.7 Å². The molecule has 1 atom stereocenters. The van der Waals surface area contributed by atoms with Gasteiger partial charge in [0, 0.05) is 11.6 Å². The van der Waals surface area contributed by atoms with Crippen molar-refractivity contribution in [3.8, 4) is 5.75 Å². The minimum Gasteiger partial charge on any atom is -0.508 e. The summed E-state index contributed by atoms with van der Waals surface area (Å²) < 4.78 is 37.0. The van der Waals surface area contributed by atoms with Gasteiger partial charge in [0.25, 0.3) is 6.43 Å². The van der Waals surface area contributed by atoms with Crippen molar-refractivity contribution in [3.63, 3.8) is 0 Å². The van der Waals surface area contributed by atoms with Crippen molar-refractivity contribution in [1.29, 1.82) is 0 Å². The summed E-state index contributed by atoms with van der Waals surface area (Å²) in [5, 5.41) is 8.79. The summed E-state index contributed by atoms with van der Waals surface area (Å²) in [6.45, 7) is 0. The van der Waals surface area contributed by atoms with Gasteiger partial charge < -0.3 is 10.8 Å². The molecule has 3 N–H and O–H groups in total. The second-order valence-electron chi connectivity index (χ2n) is 2.57. The van der Waals surface area contributed by atoms with Crippen LogP contribution in [0.25, 0.3) is 0 Å². The van der Waals surface area contributed by atoms with Gasteiger partial charge in [0.15, 0.2) is 0 Å². The Kier molecular flexibility index (Phi) is 4.73. The van der Waals surface area contributed by atoms with Crippen molar-refractivity contribution in [2.24, 2.45) is 5.73 Å². The highest BCUT2D eigenvalue weighted by molar-refractivity contribution is 5.85. The summed E-state index contributed by atoms with van der Waals surface area (Å²) in [7, 11) is 0. The van der Waals surface area contributed by atoms with E-state index in [1.165, 1.54) is 0 Å². The number of benzene rings is 1. The molecular weight excluding hydrogens is 219 g/mol. The summed E-state index contributed by atoms with van der Waals surface area (Å²) in [6.07, 6.45) is -2.82. The Labute approximate surface area is 84.9 Å². The summed E-state index contributed by atoms with van der Waals surface area (Å²) in [5.41, 5.74) is 4.72. The van der Waals surface area contributed by atoms with E-state index in [2.05, 4.69) is 0 Å².